The predicted octanol–water partition coefficient (Wildman–Crippen LogP) is 1.13. The lowest BCUT2D eigenvalue weighted by Crippen LogP contribution is -2.43. The maximum atomic E-state index is 12.2. The highest BCUT2D eigenvalue weighted by Crippen LogP contribution is 2.18. The maximum Gasteiger partial charge on any atom is 0.249 e. The van der Waals surface area contributed by atoms with Gasteiger partial charge in [0, 0.05) is 25.2 Å². The van der Waals surface area contributed by atoms with Gasteiger partial charge in [-0.25, -0.2) is 13.1 Å². The SMILES string of the molecule is CC/C=C(\C)C(=O)N1CCC[C@@H](CNS(C)(=O)=O)C1. The lowest BCUT2D eigenvalue weighted by atomic mass is 9.97. The molecule has 0 bridgehead atoms. The molecule has 0 unspecified atom stereocenters. The summed E-state index contributed by atoms with van der Waals surface area (Å²) in [7, 11) is -3.15. The first kappa shape index (κ1) is 16.2. The van der Waals surface area contributed by atoms with E-state index >= 15 is 0 Å². The van der Waals surface area contributed by atoms with E-state index in [9.17, 15) is 13.2 Å². The van der Waals surface area contributed by atoms with Crippen molar-refractivity contribution in [1.82, 2.24) is 9.62 Å². The minimum atomic E-state index is -3.15. The first-order chi connectivity index (χ1) is 8.83. The third-order valence-corrected chi connectivity index (χ3v) is 3.98. The van der Waals surface area contributed by atoms with Crippen molar-refractivity contribution in [3.8, 4) is 0 Å². The fourth-order valence-corrected chi connectivity index (χ4v) is 2.87. The van der Waals surface area contributed by atoms with Gasteiger partial charge < -0.3 is 4.90 Å². The van der Waals surface area contributed by atoms with Crippen molar-refractivity contribution in [3.63, 3.8) is 0 Å². The van der Waals surface area contributed by atoms with Crippen LogP contribution in [0, 0.1) is 5.92 Å². The van der Waals surface area contributed by atoms with Gasteiger partial charge in [-0.1, -0.05) is 13.0 Å². The van der Waals surface area contributed by atoms with Crippen LogP contribution in [0.3, 0.4) is 0 Å². The number of likely N-dealkylation sites (tertiary alicyclic amines) is 1. The first-order valence-corrected chi connectivity index (χ1v) is 8.63. The molecule has 6 heteroatoms. The van der Waals surface area contributed by atoms with E-state index in [4.69, 9.17) is 0 Å². The highest BCUT2D eigenvalue weighted by atomic mass is 32.2. The zero-order valence-corrected chi connectivity index (χ0v) is 12.8. The fourth-order valence-electron chi connectivity index (χ4n) is 2.33. The summed E-state index contributed by atoms with van der Waals surface area (Å²) < 4.78 is 24.7. The van der Waals surface area contributed by atoms with E-state index in [1.807, 2.05) is 24.8 Å². The Balaban J connectivity index is 2.55. The minimum absolute atomic E-state index is 0.0749. The Kier molecular flexibility index (Phi) is 6.00. The van der Waals surface area contributed by atoms with Crippen molar-refractivity contribution in [1.29, 1.82) is 0 Å². The van der Waals surface area contributed by atoms with Crippen molar-refractivity contribution in [2.75, 3.05) is 25.9 Å². The van der Waals surface area contributed by atoms with Crippen molar-refractivity contribution >= 4 is 15.9 Å². The third kappa shape index (κ3) is 5.74. The van der Waals surface area contributed by atoms with Crippen LogP contribution < -0.4 is 4.72 Å². The van der Waals surface area contributed by atoms with E-state index in [1.165, 1.54) is 0 Å². The van der Waals surface area contributed by atoms with Crippen LogP contribution in [0.1, 0.15) is 33.1 Å². The number of carbonyl (C=O) groups excluding carboxylic acids is 1. The molecular weight excluding hydrogens is 264 g/mol. The van der Waals surface area contributed by atoms with Crippen molar-refractivity contribution in [2.45, 2.75) is 33.1 Å². The molecule has 0 aromatic rings. The van der Waals surface area contributed by atoms with Gasteiger partial charge in [0.15, 0.2) is 0 Å². The summed E-state index contributed by atoms with van der Waals surface area (Å²) >= 11 is 0. The molecule has 5 nitrogen and oxygen atoms in total. The first-order valence-electron chi connectivity index (χ1n) is 6.74. The number of nitrogens with zero attached hydrogens (tertiary/aromatic N) is 1. The number of sulfonamides is 1. The Labute approximate surface area is 116 Å². The summed E-state index contributed by atoms with van der Waals surface area (Å²) in [5, 5.41) is 0. The van der Waals surface area contributed by atoms with Crippen LogP contribution in [-0.4, -0.2) is 45.1 Å². The fraction of sp³-hybridized carbons (Fsp3) is 0.769. The average molecular weight is 288 g/mol. The number of piperidine rings is 1. The maximum absolute atomic E-state index is 12.2. The second kappa shape index (κ2) is 7.05. The molecule has 1 amide bonds. The Bertz CT molecular complexity index is 443. The minimum Gasteiger partial charge on any atom is -0.339 e. The topological polar surface area (TPSA) is 66.5 Å². The standard InChI is InChI=1S/C13H24N2O3S/c1-4-6-11(2)13(16)15-8-5-7-12(10-15)9-14-19(3,17)18/h6,12,14H,4-5,7-10H2,1-3H3/b11-6+/t12-/m0/s1. The molecule has 1 aliphatic rings. The van der Waals surface area contributed by atoms with Crippen LogP contribution in [0.2, 0.25) is 0 Å². The molecule has 1 saturated heterocycles. The average Bonchev–Trinajstić information content (AvgIpc) is 2.35. The predicted molar refractivity (Wildman–Crippen MR) is 76.2 cm³/mol. The second-order valence-corrected chi connectivity index (χ2v) is 7.01. The van der Waals surface area contributed by atoms with Gasteiger partial charge in [0.25, 0.3) is 0 Å². The van der Waals surface area contributed by atoms with Gasteiger partial charge in [0.05, 0.1) is 6.26 Å². The normalized spacial score (nSPS) is 21.5. The largest absolute Gasteiger partial charge is 0.339 e. The van der Waals surface area contributed by atoms with Crippen LogP contribution in [0.25, 0.3) is 0 Å². The Hall–Kier alpha value is -0.880. The van der Waals surface area contributed by atoms with Crippen molar-refractivity contribution in [3.05, 3.63) is 11.6 Å². The molecule has 0 spiro atoms. The Morgan fingerprint density at radius 2 is 2.16 bits per heavy atom. The van der Waals surface area contributed by atoms with Crippen molar-refractivity contribution < 1.29 is 13.2 Å². The van der Waals surface area contributed by atoms with E-state index in [-0.39, 0.29) is 11.8 Å². The summed E-state index contributed by atoms with van der Waals surface area (Å²) in [6, 6.07) is 0. The number of hydrogen-bond acceptors (Lipinski definition) is 3. The summed E-state index contributed by atoms with van der Waals surface area (Å²) in [6.45, 7) is 5.66. The molecule has 1 fully saturated rings. The van der Waals surface area contributed by atoms with Crippen LogP contribution in [0.5, 0.6) is 0 Å². The molecule has 1 rings (SSSR count). The Morgan fingerprint density at radius 3 is 2.74 bits per heavy atom. The van der Waals surface area contributed by atoms with Gasteiger partial charge in [-0.2, -0.15) is 0 Å². The van der Waals surface area contributed by atoms with Crippen LogP contribution in [0.15, 0.2) is 11.6 Å². The van der Waals surface area contributed by atoms with E-state index in [2.05, 4.69) is 4.72 Å². The van der Waals surface area contributed by atoms with Crippen LogP contribution >= 0.6 is 0 Å². The van der Waals surface area contributed by atoms with Gasteiger partial charge in [0.2, 0.25) is 15.9 Å². The number of rotatable bonds is 5. The summed E-state index contributed by atoms with van der Waals surface area (Å²) in [5.74, 6) is 0.285. The molecule has 0 saturated carbocycles. The monoisotopic (exact) mass is 288 g/mol. The smallest absolute Gasteiger partial charge is 0.249 e. The molecule has 0 radical (unpaired) electrons. The second-order valence-electron chi connectivity index (χ2n) is 5.18. The van der Waals surface area contributed by atoms with Crippen LogP contribution in [0.4, 0.5) is 0 Å². The quantitative estimate of drug-likeness (QED) is 0.771. The molecule has 0 aliphatic carbocycles. The van der Waals surface area contributed by atoms with E-state index in [0.29, 0.717) is 13.1 Å². The van der Waals surface area contributed by atoms with E-state index < -0.39 is 10.0 Å². The van der Waals surface area contributed by atoms with Gasteiger partial charge in [-0.3, -0.25) is 4.79 Å². The summed E-state index contributed by atoms with van der Waals surface area (Å²) in [6.07, 6.45) is 5.84. The van der Waals surface area contributed by atoms with Crippen LogP contribution in [-0.2, 0) is 14.8 Å². The zero-order chi connectivity index (χ0) is 14.5. The van der Waals surface area contributed by atoms with Gasteiger partial charge in [-0.15, -0.1) is 0 Å². The molecule has 19 heavy (non-hydrogen) atoms. The van der Waals surface area contributed by atoms with Gasteiger partial charge in [-0.05, 0) is 32.1 Å². The Morgan fingerprint density at radius 1 is 1.47 bits per heavy atom. The number of amides is 1. The number of carbonyl (C=O) groups is 1. The lowest BCUT2D eigenvalue weighted by molar-refractivity contribution is -0.128. The number of nitrogens with one attached hydrogen (secondary N) is 1. The zero-order valence-electron chi connectivity index (χ0n) is 12.0. The molecule has 1 N–H and O–H groups in total. The molecule has 110 valence electrons. The summed E-state index contributed by atoms with van der Waals surface area (Å²) in [4.78, 5) is 14.0. The molecule has 1 heterocycles. The lowest BCUT2D eigenvalue weighted by Gasteiger charge is -2.33. The molecule has 1 aliphatic heterocycles. The molecule has 0 aromatic heterocycles. The molecular formula is C13H24N2O3S. The molecule has 0 aromatic carbocycles. The number of hydrogen-bond donors (Lipinski definition) is 1. The highest BCUT2D eigenvalue weighted by Gasteiger charge is 2.24. The van der Waals surface area contributed by atoms with Crippen molar-refractivity contribution in [2.24, 2.45) is 5.92 Å². The van der Waals surface area contributed by atoms with Gasteiger partial charge >= 0.3 is 0 Å². The summed E-state index contributed by atoms with van der Waals surface area (Å²) in [5.41, 5.74) is 0.777. The third-order valence-electron chi connectivity index (χ3n) is 3.29. The highest BCUT2D eigenvalue weighted by molar-refractivity contribution is 7.88. The van der Waals surface area contributed by atoms with E-state index in [1.54, 1.807) is 0 Å². The number of allylic oxidation sites excluding steroid dienone is 1. The molecule has 1 atom stereocenters. The van der Waals surface area contributed by atoms with Gasteiger partial charge in [0.1, 0.15) is 0 Å². The van der Waals surface area contributed by atoms with E-state index in [0.717, 1.165) is 37.6 Å².